The van der Waals surface area contributed by atoms with Crippen LogP contribution in [0.25, 0.3) is 0 Å². The van der Waals surface area contributed by atoms with E-state index in [0.29, 0.717) is 5.82 Å². The van der Waals surface area contributed by atoms with Gasteiger partial charge in [0.05, 0.1) is 6.04 Å². The molecule has 1 heterocycles. The van der Waals surface area contributed by atoms with Crippen LogP contribution in [0.15, 0.2) is 4.52 Å². The van der Waals surface area contributed by atoms with Gasteiger partial charge in [0, 0.05) is 6.42 Å². The van der Waals surface area contributed by atoms with E-state index in [4.69, 9.17) is 10.3 Å². The van der Waals surface area contributed by atoms with Crippen molar-refractivity contribution in [3.63, 3.8) is 0 Å². The van der Waals surface area contributed by atoms with Crippen LogP contribution in [0.4, 0.5) is 0 Å². The van der Waals surface area contributed by atoms with Crippen LogP contribution in [0.5, 0.6) is 0 Å². The molecular formula is C10H17N3O. The molecule has 14 heavy (non-hydrogen) atoms. The van der Waals surface area contributed by atoms with Crippen molar-refractivity contribution in [3.05, 3.63) is 11.7 Å². The molecule has 2 N–H and O–H groups in total. The van der Waals surface area contributed by atoms with Gasteiger partial charge in [-0.3, -0.25) is 0 Å². The molecule has 0 spiro atoms. The number of aromatic nitrogens is 2. The highest BCUT2D eigenvalue weighted by Crippen LogP contribution is 2.32. The number of nitrogens with two attached hydrogens (primary N) is 1. The average Bonchev–Trinajstić information content (AvgIpc) is 2.82. The lowest BCUT2D eigenvalue weighted by Gasteiger charge is -2.02. The third-order valence-corrected chi connectivity index (χ3v) is 2.58. The molecule has 0 saturated heterocycles. The van der Waals surface area contributed by atoms with E-state index in [-0.39, 0.29) is 6.04 Å². The normalized spacial score (nSPS) is 18.4. The maximum absolute atomic E-state index is 5.88. The molecule has 1 fully saturated rings. The minimum Gasteiger partial charge on any atom is -0.339 e. The smallest absolute Gasteiger partial charge is 0.226 e. The lowest BCUT2D eigenvalue weighted by Crippen LogP contribution is -2.11. The molecule has 1 unspecified atom stereocenters. The second kappa shape index (κ2) is 4.09. The Balaban J connectivity index is 1.93. The fourth-order valence-corrected chi connectivity index (χ4v) is 1.51. The second-order valence-corrected chi connectivity index (χ2v) is 4.09. The minimum absolute atomic E-state index is 0.0586. The van der Waals surface area contributed by atoms with Crippen LogP contribution in [0.2, 0.25) is 0 Å². The van der Waals surface area contributed by atoms with Crippen molar-refractivity contribution in [2.45, 2.75) is 45.1 Å². The van der Waals surface area contributed by atoms with Gasteiger partial charge < -0.3 is 10.3 Å². The van der Waals surface area contributed by atoms with Crippen molar-refractivity contribution in [2.24, 2.45) is 11.7 Å². The van der Waals surface area contributed by atoms with Crippen LogP contribution in [0, 0.1) is 5.92 Å². The van der Waals surface area contributed by atoms with Gasteiger partial charge in [-0.2, -0.15) is 4.98 Å². The van der Waals surface area contributed by atoms with Crippen molar-refractivity contribution >= 4 is 0 Å². The number of nitrogens with zero attached hydrogens (tertiary/aromatic N) is 2. The fraction of sp³-hybridized carbons (Fsp3) is 0.800. The summed E-state index contributed by atoms with van der Waals surface area (Å²) in [6.45, 7) is 2.10. The summed E-state index contributed by atoms with van der Waals surface area (Å²) in [5, 5.41) is 3.90. The average molecular weight is 195 g/mol. The molecule has 78 valence electrons. The van der Waals surface area contributed by atoms with E-state index in [1.54, 1.807) is 0 Å². The van der Waals surface area contributed by atoms with Gasteiger partial charge in [0.15, 0.2) is 5.82 Å². The first kappa shape index (κ1) is 9.65. The van der Waals surface area contributed by atoms with Crippen LogP contribution >= 0.6 is 0 Å². The molecule has 1 aliphatic carbocycles. The van der Waals surface area contributed by atoms with Crippen LogP contribution in [0.1, 0.15) is 50.4 Å². The lowest BCUT2D eigenvalue weighted by atomic mass is 10.2. The van der Waals surface area contributed by atoms with Gasteiger partial charge in [0.25, 0.3) is 0 Å². The van der Waals surface area contributed by atoms with Gasteiger partial charge >= 0.3 is 0 Å². The van der Waals surface area contributed by atoms with Crippen LogP contribution < -0.4 is 5.73 Å². The van der Waals surface area contributed by atoms with Gasteiger partial charge in [-0.05, 0) is 25.2 Å². The maximum atomic E-state index is 5.88. The molecule has 1 atom stereocenters. The summed E-state index contributed by atoms with van der Waals surface area (Å²) in [5.41, 5.74) is 5.88. The number of hydrogen-bond donors (Lipinski definition) is 1. The molecule has 1 saturated carbocycles. The van der Waals surface area contributed by atoms with E-state index in [9.17, 15) is 0 Å². The van der Waals surface area contributed by atoms with E-state index >= 15 is 0 Å². The fourth-order valence-electron chi connectivity index (χ4n) is 1.51. The van der Waals surface area contributed by atoms with Crippen molar-refractivity contribution in [3.8, 4) is 0 Å². The topological polar surface area (TPSA) is 64.9 Å². The zero-order chi connectivity index (χ0) is 9.97. The zero-order valence-electron chi connectivity index (χ0n) is 8.57. The molecule has 1 aromatic heterocycles. The maximum Gasteiger partial charge on any atom is 0.226 e. The first-order valence-corrected chi connectivity index (χ1v) is 5.37. The Morgan fingerprint density at radius 3 is 3.00 bits per heavy atom. The summed E-state index contributed by atoms with van der Waals surface area (Å²) >= 11 is 0. The Labute approximate surface area is 83.9 Å². The van der Waals surface area contributed by atoms with Crippen molar-refractivity contribution < 1.29 is 4.52 Å². The quantitative estimate of drug-likeness (QED) is 0.778. The SMILES string of the molecule is CCCC(N)c1noc(CC2CC2)n1. The summed E-state index contributed by atoms with van der Waals surface area (Å²) in [6.07, 6.45) is 5.51. The van der Waals surface area contributed by atoms with Crippen LogP contribution in [-0.4, -0.2) is 10.1 Å². The highest BCUT2D eigenvalue weighted by atomic mass is 16.5. The molecule has 0 amide bonds. The molecular weight excluding hydrogens is 178 g/mol. The molecule has 2 rings (SSSR count). The number of rotatable bonds is 5. The predicted octanol–water partition coefficient (Wildman–Crippen LogP) is 1.82. The Morgan fingerprint density at radius 2 is 2.36 bits per heavy atom. The van der Waals surface area contributed by atoms with Crippen molar-refractivity contribution in [2.75, 3.05) is 0 Å². The first-order chi connectivity index (χ1) is 6.79. The Bertz CT molecular complexity index is 293. The van der Waals surface area contributed by atoms with Crippen molar-refractivity contribution in [1.82, 2.24) is 10.1 Å². The van der Waals surface area contributed by atoms with E-state index in [1.807, 2.05) is 0 Å². The number of hydrogen-bond acceptors (Lipinski definition) is 4. The van der Waals surface area contributed by atoms with Gasteiger partial charge in [-0.25, -0.2) is 0 Å². The van der Waals surface area contributed by atoms with Gasteiger partial charge in [-0.15, -0.1) is 0 Å². The molecule has 0 bridgehead atoms. The third kappa shape index (κ3) is 2.32. The molecule has 0 radical (unpaired) electrons. The minimum atomic E-state index is -0.0586. The van der Waals surface area contributed by atoms with Crippen LogP contribution in [0.3, 0.4) is 0 Å². The summed E-state index contributed by atoms with van der Waals surface area (Å²) in [5.74, 6) is 2.21. The Kier molecular flexibility index (Phi) is 2.82. The molecule has 0 aromatic carbocycles. The van der Waals surface area contributed by atoms with Gasteiger partial charge in [0.2, 0.25) is 5.89 Å². The first-order valence-electron chi connectivity index (χ1n) is 5.37. The molecule has 1 aromatic rings. The summed E-state index contributed by atoms with van der Waals surface area (Å²) in [7, 11) is 0. The van der Waals surface area contributed by atoms with E-state index in [2.05, 4.69) is 17.1 Å². The molecule has 0 aliphatic heterocycles. The second-order valence-electron chi connectivity index (χ2n) is 4.09. The largest absolute Gasteiger partial charge is 0.339 e. The Morgan fingerprint density at radius 1 is 1.57 bits per heavy atom. The summed E-state index contributed by atoms with van der Waals surface area (Å²) < 4.78 is 5.14. The van der Waals surface area contributed by atoms with Crippen LogP contribution in [-0.2, 0) is 6.42 Å². The lowest BCUT2D eigenvalue weighted by molar-refractivity contribution is 0.364. The van der Waals surface area contributed by atoms with E-state index in [0.717, 1.165) is 31.1 Å². The standard InChI is InChI=1S/C10H17N3O/c1-2-3-8(11)10-12-9(14-13-10)6-7-4-5-7/h7-8H,2-6,11H2,1H3. The molecule has 1 aliphatic rings. The predicted molar refractivity (Wildman–Crippen MR) is 52.6 cm³/mol. The van der Waals surface area contributed by atoms with E-state index in [1.165, 1.54) is 12.8 Å². The van der Waals surface area contributed by atoms with E-state index < -0.39 is 0 Å². The van der Waals surface area contributed by atoms with Crippen molar-refractivity contribution in [1.29, 1.82) is 0 Å². The third-order valence-electron chi connectivity index (χ3n) is 2.58. The van der Waals surface area contributed by atoms with Gasteiger partial charge in [-0.1, -0.05) is 18.5 Å². The highest BCUT2D eigenvalue weighted by molar-refractivity contribution is 4.95. The van der Waals surface area contributed by atoms with Gasteiger partial charge in [0.1, 0.15) is 0 Å². The summed E-state index contributed by atoms with van der Waals surface area (Å²) in [4.78, 5) is 4.31. The Hall–Kier alpha value is -0.900. The monoisotopic (exact) mass is 195 g/mol. The zero-order valence-corrected chi connectivity index (χ0v) is 8.57. The summed E-state index contributed by atoms with van der Waals surface area (Å²) in [6, 6.07) is -0.0586. The molecule has 4 nitrogen and oxygen atoms in total. The molecule has 4 heteroatoms. The highest BCUT2D eigenvalue weighted by Gasteiger charge is 2.25.